The fourth-order valence-corrected chi connectivity index (χ4v) is 1.78. The molecule has 0 aliphatic carbocycles. The molecule has 9 heteroatoms. The Bertz CT molecular complexity index is 637. The average molecular weight is 412 g/mol. The third kappa shape index (κ3) is 3.43. The molecule has 1 heterocycles. The number of halogens is 3. The van der Waals surface area contributed by atoms with Crippen molar-refractivity contribution in [2.75, 3.05) is 0 Å². The van der Waals surface area contributed by atoms with E-state index in [1.54, 1.807) is 0 Å². The molecule has 0 unspecified atom stereocenters. The van der Waals surface area contributed by atoms with Gasteiger partial charge in [0, 0.05) is 28.1 Å². The van der Waals surface area contributed by atoms with Crippen LogP contribution < -0.4 is 4.74 Å². The van der Waals surface area contributed by atoms with Crippen LogP contribution in [-0.2, 0) is 0 Å². The summed E-state index contributed by atoms with van der Waals surface area (Å²) in [6.07, 6.45) is 3.04. The van der Waals surface area contributed by atoms with E-state index in [1.807, 2.05) is 22.6 Å². The van der Waals surface area contributed by atoms with Gasteiger partial charge < -0.3 is 4.74 Å². The van der Waals surface area contributed by atoms with Crippen LogP contribution in [0.15, 0.2) is 24.5 Å². The Kier molecular flexibility index (Phi) is 4.38. The van der Waals surface area contributed by atoms with Crippen molar-refractivity contribution in [3.63, 3.8) is 0 Å². The Hall–Kier alpha value is -1.19. The second-order valence-corrected chi connectivity index (χ2v) is 5.34. The third-order valence-corrected chi connectivity index (χ3v) is 3.28. The van der Waals surface area contributed by atoms with Crippen LogP contribution in [0.4, 0.5) is 5.69 Å². The van der Waals surface area contributed by atoms with Gasteiger partial charge in [0.2, 0.25) is 5.75 Å². The molecular formula is C10H4Cl2IN3O3. The number of rotatable bonds is 3. The molecule has 0 aliphatic heterocycles. The Labute approximate surface area is 131 Å². The highest BCUT2D eigenvalue weighted by atomic mass is 127. The van der Waals surface area contributed by atoms with Crippen molar-refractivity contribution in [2.24, 2.45) is 0 Å². The monoisotopic (exact) mass is 411 g/mol. The Morgan fingerprint density at radius 2 is 1.79 bits per heavy atom. The van der Waals surface area contributed by atoms with Crippen LogP contribution in [0.3, 0.4) is 0 Å². The maximum Gasteiger partial charge on any atom is 0.322 e. The van der Waals surface area contributed by atoms with Crippen LogP contribution in [0.25, 0.3) is 0 Å². The fourth-order valence-electron chi connectivity index (χ4n) is 1.19. The van der Waals surface area contributed by atoms with Gasteiger partial charge in [-0.2, -0.15) is 0 Å². The van der Waals surface area contributed by atoms with E-state index in [2.05, 4.69) is 9.97 Å². The standard InChI is InChI=1S/C10H4Cl2IN3O3/c11-6-1-8(16(17)18)9(2-7(6)12)19-10-14-3-5(13)4-15-10/h1-4H. The molecule has 1 aromatic carbocycles. The summed E-state index contributed by atoms with van der Waals surface area (Å²) in [6, 6.07) is 2.36. The first-order valence-electron chi connectivity index (χ1n) is 4.76. The third-order valence-electron chi connectivity index (χ3n) is 2.00. The first kappa shape index (κ1) is 14.2. The van der Waals surface area contributed by atoms with Gasteiger partial charge in [0.1, 0.15) is 0 Å². The van der Waals surface area contributed by atoms with Gasteiger partial charge in [0.15, 0.2) is 0 Å². The minimum absolute atomic E-state index is 0.0121. The summed E-state index contributed by atoms with van der Waals surface area (Å²) in [5.74, 6) is -0.0689. The molecule has 2 aromatic rings. The molecular weight excluding hydrogens is 408 g/mol. The zero-order chi connectivity index (χ0) is 14.0. The Morgan fingerprint density at radius 3 is 2.37 bits per heavy atom. The van der Waals surface area contributed by atoms with E-state index in [9.17, 15) is 10.1 Å². The largest absolute Gasteiger partial charge is 0.417 e. The van der Waals surface area contributed by atoms with Crippen molar-refractivity contribution in [1.29, 1.82) is 0 Å². The van der Waals surface area contributed by atoms with E-state index >= 15 is 0 Å². The molecule has 0 aliphatic rings. The lowest BCUT2D eigenvalue weighted by Crippen LogP contribution is -1.97. The molecule has 0 saturated carbocycles. The summed E-state index contributed by atoms with van der Waals surface area (Å²) in [6.45, 7) is 0. The molecule has 0 spiro atoms. The Morgan fingerprint density at radius 1 is 1.21 bits per heavy atom. The summed E-state index contributed by atoms with van der Waals surface area (Å²) in [4.78, 5) is 18.1. The molecule has 6 nitrogen and oxygen atoms in total. The van der Waals surface area contributed by atoms with Gasteiger partial charge in [-0.05, 0) is 22.6 Å². The van der Waals surface area contributed by atoms with Crippen molar-refractivity contribution in [3.05, 3.63) is 48.3 Å². The predicted molar refractivity (Wildman–Crippen MR) is 77.9 cm³/mol. The van der Waals surface area contributed by atoms with Gasteiger partial charge in [-0.1, -0.05) is 23.2 Å². The van der Waals surface area contributed by atoms with Gasteiger partial charge in [-0.15, -0.1) is 0 Å². The highest BCUT2D eigenvalue weighted by Gasteiger charge is 2.19. The van der Waals surface area contributed by atoms with Crippen molar-refractivity contribution in [1.82, 2.24) is 9.97 Å². The molecule has 19 heavy (non-hydrogen) atoms. The number of aromatic nitrogens is 2. The van der Waals surface area contributed by atoms with Crippen molar-refractivity contribution >= 4 is 51.5 Å². The lowest BCUT2D eigenvalue weighted by molar-refractivity contribution is -0.385. The molecule has 0 radical (unpaired) electrons. The van der Waals surface area contributed by atoms with Crippen LogP contribution in [-0.4, -0.2) is 14.9 Å². The number of nitrogens with zero attached hydrogens (tertiary/aromatic N) is 3. The van der Waals surface area contributed by atoms with Crippen molar-refractivity contribution < 1.29 is 9.66 Å². The van der Waals surface area contributed by atoms with E-state index in [0.717, 1.165) is 9.64 Å². The van der Waals surface area contributed by atoms with Crippen molar-refractivity contribution in [2.45, 2.75) is 0 Å². The molecule has 0 N–H and O–H groups in total. The van der Waals surface area contributed by atoms with Gasteiger partial charge in [0.05, 0.1) is 15.0 Å². The lowest BCUT2D eigenvalue weighted by Gasteiger charge is -2.05. The molecule has 0 fully saturated rings. The average Bonchev–Trinajstić information content (AvgIpc) is 2.36. The number of nitro benzene ring substituents is 1. The van der Waals surface area contributed by atoms with E-state index in [0.29, 0.717) is 0 Å². The quantitative estimate of drug-likeness (QED) is 0.431. The molecule has 2 rings (SSSR count). The summed E-state index contributed by atoms with van der Waals surface area (Å²) in [7, 11) is 0. The molecule has 98 valence electrons. The zero-order valence-corrected chi connectivity index (χ0v) is 12.7. The number of hydrogen-bond acceptors (Lipinski definition) is 5. The molecule has 0 atom stereocenters. The van der Waals surface area contributed by atoms with E-state index in [-0.39, 0.29) is 27.5 Å². The Balaban J connectivity index is 2.41. The van der Waals surface area contributed by atoms with Gasteiger partial charge in [-0.3, -0.25) is 10.1 Å². The lowest BCUT2D eigenvalue weighted by atomic mass is 10.3. The molecule has 0 amide bonds. The van der Waals surface area contributed by atoms with Crippen LogP contribution in [0.1, 0.15) is 0 Å². The van der Waals surface area contributed by atoms with Crippen LogP contribution in [0, 0.1) is 13.7 Å². The van der Waals surface area contributed by atoms with E-state index < -0.39 is 4.92 Å². The summed E-state index contributed by atoms with van der Waals surface area (Å²) in [5, 5.41) is 11.1. The second-order valence-electron chi connectivity index (χ2n) is 3.28. The highest BCUT2D eigenvalue weighted by Crippen LogP contribution is 2.37. The maximum absolute atomic E-state index is 10.9. The maximum atomic E-state index is 10.9. The van der Waals surface area contributed by atoms with Crippen LogP contribution >= 0.6 is 45.8 Å². The topological polar surface area (TPSA) is 78.2 Å². The van der Waals surface area contributed by atoms with Crippen molar-refractivity contribution in [3.8, 4) is 11.8 Å². The number of nitro groups is 1. The summed E-state index contributed by atoms with van der Waals surface area (Å²) >= 11 is 13.6. The molecule has 0 bridgehead atoms. The minimum Gasteiger partial charge on any atom is -0.417 e. The van der Waals surface area contributed by atoms with Gasteiger partial charge in [0.25, 0.3) is 0 Å². The smallest absolute Gasteiger partial charge is 0.322 e. The zero-order valence-electron chi connectivity index (χ0n) is 9.01. The minimum atomic E-state index is -0.621. The number of benzene rings is 1. The van der Waals surface area contributed by atoms with Gasteiger partial charge >= 0.3 is 11.7 Å². The van der Waals surface area contributed by atoms with Crippen LogP contribution in [0.2, 0.25) is 10.0 Å². The second kappa shape index (κ2) is 5.85. The van der Waals surface area contributed by atoms with Crippen LogP contribution in [0.5, 0.6) is 11.8 Å². The fraction of sp³-hybridized carbons (Fsp3) is 0. The SMILES string of the molecule is O=[N+]([O-])c1cc(Cl)c(Cl)cc1Oc1ncc(I)cn1. The molecule has 1 aromatic heterocycles. The predicted octanol–water partition coefficient (Wildman–Crippen LogP) is 4.09. The van der Waals surface area contributed by atoms with E-state index in [4.69, 9.17) is 27.9 Å². The van der Waals surface area contributed by atoms with E-state index in [1.165, 1.54) is 18.5 Å². The van der Waals surface area contributed by atoms with Gasteiger partial charge in [-0.25, -0.2) is 9.97 Å². The number of ether oxygens (including phenoxy) is 1. The number of hydrogen-bond donors (Lipinski definition) is 0. The summed E-state index contributed by atoms with van der Waals surface area (Å²) in [5.41, 5.74) is -0.309. The molecule has 0 saturated heterocycles. The highest BCUT2D eigenvalue weighted by molar-refractivity contribution is 14.1. The first-order chi connectivity index (χ1) is 8.97. The summed E-state index contributed by atoms with van der Waals surface area (Å²) < 4.78 is 6.06. The normalized spacial score (nSPS) is 10.3. The first-order valence-corrected chi connectivity index (χ1v) is 6.59.